The van der Waals surface area contributed by atoms with E-state index in [4.69, 9.17) is 5.73 Å². The number of amides is 1. The van der Waals surface area contributed by atoms with E-state index in [0.29, 0.717) is 13.0 Å². The van der Waals surface area contributed by atoms with E-state index in [2.05, 4.69) is 31.3 Å². The van der Waals surface area contributed by atoms with Gasteiger partial charge in [0.05, 0.1) is 0 Å². The van der Waals surface area contributed by atoms with Gasteiger partial charge in [-0.25, -0.2) is 0 Å². The van der Waals surface area contributed by atoms with Crippen LogP contribution in [0, 0.1) is 5.41 Å². The van der Waals surface area contributed by atoms with Crippen molar-refractivity contribution in [3.63, 3.8) is 0 Å². The lowest BCUT2D eigenvalue weighted by Crippen LogP contribution is -2.20. The second-order valence-corrected chi connectivity index (χ2v) is 6.31. The molecule has 1 amide bonds. The van der Waals surface area contributed by atoms with Gasteiger partial charge in [0.1, 0.15) is 0 Å². The molecule has 21 heavy (non-hydrogen) atoms. The van der Waals surface area contributed by atoms with Crippen molar-refractivity contribution in [3.8, 4) is 0 Å². The van der Waals surface area contributed by atoms with E-state index in [0.717, 1.165) is 23.9 Å². The number of hydrogen-bond donors (Lipinski definition) is 2. The number of nitrogens with one attached hydrogen (secondary N) is 1. The molecule has 2 aromatic rings. The lowest BCUT2D eigenvalue weighted by atomic mass is 9.84. The Morgan fingerprint density at radius 3 is 2.52 bits per heavy atom. The second-order valence-electron chi connectivity index (χ2n) is 6.31. The Labute approximate surface area is 126 Å². The minimum atomic E-state index is 0.0652. The normalized spacial score (nSPS) is 11.6. The topological polar surface area (TPSA) is 55.1 Å². The maximum absolute atomic E-state index is 12.1. The smallest absolute Gasteiger partial charge is 0.224 e. The first-order valence-electron chi connectivity index (χ1n) is 7.49. The average molecular weight is 284 g/mol. The molecule has 0 unspecified atom stereocenters. The van der Waals surface area contributed by atoms with Crippen LogP contribution in [-0.4, -0.2) is 12.5 Å². The molecule has 2 rings (SSSR count). The number of fused-ring (bicyclic) bond motifs is 1. The van der Waals surface area contributed by atoms with Crippen LogP contribution in [0.1, 0.15) is 33.1 Å². The summed E-state index contributed by atoms with van der Waals surface area (Å²) < 4.78 is 0. The van der Waals surface area contributed by atoms with Gasteiger partial charge in [0, 0.05) is 12.1 Å². The van der Waals surface area contributed by atoms with Crippen LogP contribution in [0.5, 0.6) is 0 Å². The maximum atomic E-state index is 12.1. The van der Waals surface area contributed by atoms with Gasteiger partial charge in [-0.2, -0.15) is 0 Å². The molecule has 3 N–H and O–H groups in total. The van der Waals surface area contributed by atoms with Gasteiger partial charge in [0.15, 0.2) is 0 Å². The second kappa shape index (κ2) is 6.72. The lowest BCUT2D eigenvalue weighted by molar-refractivity contribution is -0.116. The molecule has 3 heteroatoms. The first-order chi connectivity index (χ1) is 10.00. The molecule has 0 atom stereocenters. The minimum absolute atomic E-state index is 0.0652. The lowest BCUT2D eigenvalue weighted by Gasteiger charge is -2.23. The number of anilines is 1. The van der Waals surface area contributed by atoms with Crippen LogP contribution in [0.4, 0.5) is 5.69 Å². The Balaban J connectivity index is 1.95. The summed E-state index contributed by atoms with van der Waals surface area (Å²) in [4.78, 5) is 12.1. The van der Waals surface area contributed by atoms with E-state index in [-0.39, 0.29) is 11.3 Å². The van der Waals surface area contributed by atoms with Crippen molar-refractivity contribution in [1.82, 2.24) is 0 Å². The molecule has 0 bridgehead atoms. The van der Waals surface area contributed by atoms with Crippen molar-refractivity contribution in [1.29, 1.82) is 0 Å². The van der Waals surface area contributed by atoms with E-state index >= 15 is 0 Å². The molecular weight excluding hydrogens is 260 g/mol. The molecule has 0 radical (unpaired) electrons. The predicted octanol–water partition coefficient (Wildman–Crippen LogP) is 3.93. The molecule has 0 spiro atoms. The van der Waals surface area contributed by atoms with Crippen molar-refractivity contribution in [3.05, 3.63) is 42.5 Å². The predicted molar refractivity (Wildman–Crippen MR) is 89.3 cm³/mol. The quantitative estimate of drug-likeness (QED) is 0.844. The monoisotopic (exact) mass is 284 g/mol. The van der Waals surface area contributed by atoms with E-state index in [1.54, 1.807) is 0 Å². The number of carbonyl (C=O) groups is 1. The summed E-state index contributed by atoms with van der Waals surface area (Å²) >= 11 is 0. The number of hydrogen-bond acceptors (Lipinski definition) is 2. The van der Waals surface area contributed by atoms with Gasteiger partial charge in [-0.15, -0.1) is 0 Å². The third-order valence-corrected chi connectivity index (χ3v) is 3.88. The Morgan fingerprint density at radius 1 is 1.10 bits per heavy atom. The van der Waals surface area contributed by atoms with Gasteiger partial charge in [-0.3, -0.25) is 4.79 Å². The molecule has 0 saturated carbocycles. The van der Waals surface area contributed by atoms with Crippen LogP contribution in [0.3, 0.4) is 0 Å². The SMILES string of the molecule is CC(C)(CCN)CCC(=O)Nc1ccc2ccccc2c1. The van der Waals surface area contributed by atoms with Gasteiger partial charge in [0.25, 0.3) is 0 Å². The largest absolute Gasteiger partial charge is 0.330 e. The van der Waals surface area contributed by atoms with E-state index < -0.39 is 0 Å². The molecule has 0 saturated heterocycles. The molecular formula is C18H24N2O. The molecule has 0 heterocycles. The summed E-state index contributed by atoms with van der Waals surface area (Å²) in [6.45, 7) is 4.98. The molecule has 0 aliphatic carbocycles. The Bertz CT molecular complexity index is 619. The highest BCUT2D eigenvalue weighted by Crippen LogP contribution is 2.26. The number of carbonyl (C=O) groups excluding carboxylic acids is 1. The Morgan fingerprint density at radius 2 is 1.81 bits per heavy atom. The van der Waals surface area contributed by atoms with Gasteiger partial charge in [0.2, 0.25) is 5.91 Å². The highest BCUT2D eigenvalue weighted by Gasteiger charge is 2.18. The van der Waals surface area contributed by atoms with Crippen LogP contribution in [0.15, 0.2) is 42.5 Å². The van der Waals surface area contributed by atoms with Gasteiger partial charge < -0.3 is 11.1 Å². The zero-order valence-electron chi connectivity index (χ0n) is 12.9. The summed E-state index contributed by atoms with van der Waals surface area (Å²) in [5, 5.41) is 5.30. The van der Waals surface area contributed by atoms with E-state index in [1.807, 2.05) is 30.3 Å². The van der Waals surface area contributed by atoms with Gasteiger partial charge >= 0.3 is 0 Å². The van der Waals surface area contributed by atoms with Crippen molar-refractivity contribution in [2.24, 2.45) is 11.1 Å². The molecule has 2 aromatic carbocycles. The first kappa shape index (κ1) is 15.5. The fourth-order valence-corrected chi connectivity index (χ4v) is 2.46. The fraction of sp³-hybridized carbons (Fsp3) is 0.389. The average Bonchev–Trinajstić information content (AvgIpc) is 2.45. The van der Waals surface area contributed by atoms with Crippen LogP contribution in [-0.2, 0) is 4.79 Å². The molecule has 0 aromatic heterocycles. The molecule has 112 valence electrons. The molecule has 0 fully saturated rings. The summed E-state index contributed by atoms with van der Waals surface area (Å²) in [5.41, 5.74) is 6.57. The third-order valence-electron chi connectivity index (χ3n) is 3.88. The van der Waals surface area contributed by atoms with Crippen molar-refractivity contribution < 1.29 is 4.79 Å². The van der Waals surface area contributed by atoms with Crippen molar-refractivity contribution in [2.45, 2.75) is 33.1 Å². The third kappa shape index (κ3) is 4.57. The van der Waals surface area contributed by atoms with Crippen LogP contribution >= 0.6 is 0 Å². The fourth-order valence-electron chi connectivity index (χ4n) is 2.46. The highest BCUT2D eigenvalue weighted by atomic mass is 16.1. The summed E-state index contributed by atoms with van der Waals surface area (Å²) in [5.74, 6) is 0.0652. The summed E-state index contributed by atoms with van der Waals surface area (Å²) in [6.07, 6.45) is 2.32. The van der Waals surface area contributed by atoms with Crippen molar-refractivity contribution in [2.75, 3.05) is 11.9 Å². The number of nitrogens with two attached hydrogens (primary N) is 1. The Hall–Kier alpha value is -1.87. The highest BCUT2D eigenvalue weighted by molar-refractivity contribution is 5.94. The van der Waals surface area contributed by atoms with Crippen molar-refractivity contribution >= 4 is 22.4 Å². The summed E-state index contributed by atoms with van der Waals surface area (Å²) in [7, 11) is 0. The zero-order chi connectivity index (χ0) is 15.3. The Kier molecular flexibility index (Phi) is 4.97. The zero-order valence-corrected chi connectivity index (χ0v) is 12.9. The van der Waals surface area contributed by atoms with E-state index in [9.17, 15) is 4.79 Å². The summed E-state index contributed by atoms with van der Waals surface area (Å²) in [6, 6.07) is 14.1. The van der Waals surface area contributed by atoms with Crippen LogP contribution < -0.4 is 11.1 Å². The van der Waals surface area contributed by atoms with Gasteiger partial charge in [-0.1, -0.05) is 44.2 Å². The standard InChI is InChI=1S/C18H24N2O/c1-18(2,11-12-19)10-9-17(21)20-16-8-7-14-5-3-4-6-15(14)13-16/h3-8,13H,9-12,19H2,1-2H3,(H,20,21). The van der Waals surface area contributed by atoms with Gasteiger partial charge in [-0.05, 0) is 47.7 Å². The number of rotatable bonds is 6. The molecule has 0 aliphatic rings. The maximum Gasteiger partial charge on any atom is 0.224 e. The molecule has 0 aliphatic heterocycles. The van der Waals surface area contributed by atoms with E-state index in [1.165, 1.54) is 5.39 Å². The minimum Gasteiger partial charge on any atom is -0.330 e. The van der Waals surface area contributed by atoms with Crippen LogP contribution in [0.25, 0.3) is 10.8 Å². The molecule has 3 nitrogen and oxygen atoms in total. The van der Waals surface area contributed by atoms with Crippen LogP contribution in [0.2, 0.25) is 0 Å². The first-order valence-corrected chi connectivity index (χ1v) is 7.49. The number of benzene rings is 2.